The zero-order chi connectivity index (χ0) is 8.43. The molecule has 0 fully saturated rings. The molecule has 0 radical (unpaired) electrons. The van der Waals surface area contributed by atoms with E-state index in [4.69, 9.17) is 0 Å². The largest absolute Gasteiger partial charge is 0.358 e. The third-order valence-corrected chi connectivity index (χ3v) is 1.23. The number of aryl methyl sites for hydroxylation is 1. The highest BCUT2D eigenvalue weighted by Crippen LogP contribution is 2.13. The van der Waals surface area contributed by atoms with Gasteiger partial charge in [-0.15, -0.1) is 0 Å². The van der Waals surface area contributed by atoms with E-state index >= 15 is 0 Å². The highest BCUT2D eigenvalue weighted by atomic mass is 19.3. The Morgan fingerprint density at radius 1 is 1.45 bits per heavy atom. The maximum Gasteiger partial charge on any atom is 0.278 e. The van der Waals surface area contributed by atoms with E-state index in [1.165, 1.54) is 6.07 Å². The summed E-state index contributed by atoms with van der Waals surface area (Å²) in [5.74, 6) is 0. The third kappa shape index (κ3) is 1.86. The van der Waals surface area contributed by atoms with Crippen LogP contribution in [-0.4, -0.2) is 4.98 Å². The molecule has 1 heterocycles. The number of H-pyrrole nitrogens is 1. The molecule has 1 N–H and O–H groups in total. The van der Waals surface area contributed by atoms with Crippen molar-refractivity contribution in [1.29, 1.82) is 0 Å². The van der Waals surface area contributed by atoms with Gasteiger partial charge in [0.15, 0.2) is 5.43 Å². The molecular formula is C7H7F2NO. The van der Waals surface area contributed by atoms with E-state index in [0.717, 1.165) is 6.07 Å². The average Bonchev–Trinajstić information content (AvgIpc) is 1.85. The van der Waals surface area contributed by atoms with Gasteiger partial charge in [-0.05, 0) is 6.92 Å². The number of alkyl halides is 2. The van der Waals surface area contributed by atoms with Crippen LogP contribution in [0.25, 0.3) is 0 Å². The predicted molar refractivity (Wildman–Crippen MR) is 36.8 cm³/mol. The molecule has 0 amide bonds. The van der Waals surface area contributed by atoms with E-state index < -0.39 is 11.9 Å². The second-order valence-electron chi connectivity index (χ2n) is 2.26. The van der Waals surface area contributed by atoms with Gasteiger partial charge >= 0.3 is 0 Å². The standard InChI is InChI=1S/C7H7F2NO/c1-4-2-5(11)3-6(10-4)7(8)9/h2-3,7H,1H3,(H,10,11). The summed E-state index contributed by atoms with van der Waals surface area (Å²) in [5, 5.41) is 0. The second-order valence-corrected chi connectivity index (χ2v) is 2.26. The number of halogens is 2. The number of rotatable bonds is 1. The molecule has 0 unspecified atom stereocenters. The van der Waals surface area contributed by atoms with Gasteiger partial charge in [0, 0.05) is 17.8 Å². The van der Waals surface area contributed by atoms with Crippen molar-refractivity contribution in [1.82, 2.24) is 4.98 Å². The van der Waals surface area contributed by atoms with Crippen molar-refractivity contribution in [3.8, 4) is 0 Å². The van der Waals surface area contributed by atoms with E-state index in [1.807, 2.05) is 0 Å². The molecule has 1 aromatic heterocycles. The molecule has 1 rings (SSSR count). The molecule has 2 nitrogen and oxygen atoms in total. The quantitative estimate of drug-likeness (QED) is 0.663. The highest BCUT2D eigenvalue weighted by molar-refractivity contribution is 5.10. The molecule has 0 saturated carbocycles. The Morgan fingerprint density at radius 2 is 2.09 bits per heavy atom. The van der Waals surface area contributed by atoms with Gasteiger partial charge in [0.1, 0.15) is 0 Å². The molecule has 60 valence electrons. The summed E-state index contributed by atoms with van der Waals surface area (Å²) in [7, 11) is 0. The smallest absolute Gasteiger partial charge is 0.278 e. The van der Waals surface area contributed by atoms with E-state index in [-0.39, 0.29) is 5.69 Å². The number of hydrogen-bond acceptors (Lipinski definition) is 1. The van der Waals surface area contributed by atoms with Gasteiger partial charge in [-0.25, -0.2) is 8.78 Å². The van der Waals surface area contributed by atoms with Crippen LogP contribution in [0, 0.1) is 6.92 Å². The minimum absolute atomic E-state index is 0.324. The van der Waals surface area contributed by atoms with E-state index in [1.54, 1.807) is 6.92 Å². The molecular weight excluding hydrogens is 152 g/mol. The number of aromatic nitrogens is 1. The Labute approximate surface area is 61.9 Å². The maximum atomic E-state index is 12.0. The van der Waals surface area contributed by atoms with Crippen LogP contribution in [0.1, 0.15) is 17.8 Å². The first-order valence-electron chi connectivity index (χ1n) is 3.08. The van der Waals surface area contributed by atoms with Crippen LogP contribution in [0.4, 0.5) is 8.78 Å². The molecule has 0 aliphatic carbocycles. The first-order valence-corrected chi connectivity index (χ1v) is 3.08. The minimum Gasteiger partial charge on any atom is -0.358 e. The van der Waals surface area contributed by atoms with Gasteiger partial charge in [0.25, 0.3) is 6.43 Å². The van der Waals surface area contributed by atoms with Crippen LogP contribution >= 0.6 is 0 Å². The minimum atomic E-state index is -2.61. The van der Waals surface area contributed by atoms with Crippen LogP contribution in [0.15, 0.2) is 16.9 Å². The molecule has 0 aromatic carbocycles. The van der Waals surface area contributed by atoms with Crippen LogP contribution in [0.2, 0.25) is 0 Å². The SMILES string of the molecule is Cc1cc(=O)cc(C(F)F)[nH]1. The van der Waals surface area contributed by atoms with E-state index in [2.05, 4.69) is 4.98 Å². The van der Waals surface area contributed by atoms with Gasteiger partial charge in [0.05, 0.1) is 5.69 Å². The lowest BCUT2D eigenvalue weighted by Gasteiger charge is -1.99. The van der Waals surface area contributed by atoms with E-state index in [9.17, 15) is 13.6 Å². The van der Waals surface area contributed by atoms with Gasteiger partial charge in [0.2, 0.25) is 0 Å². The van der Waals surface area contributed by atoms with Crippen molar-refractivity contribution >= 4 is 0 Å². The summed E-state index contributed by atoms with van der Waals surface area (Å²) in [6.07, 6.45) is -2.61. The maximum absolute atomic E-state index is 12.0. The zero-order valence-electron chi connectivity index (χ0n) is 5.90. The van der Waals surface area contributed by atoms with Crippen LogP contribution in [-0.2, 0) is 0 Å². The molecule has 0 spiro atoms. The molecule has 0 saturated heterocycles. The lowest BCUT2D eigenvalue weighted by atomic mass is 10.3. The molecule has 0 atom stereocenters. The number of pyridine rings is 1. The average molecular weight is 159 g/mol. The predicted octanol–water partition coefficient (Wildman–Crippen LogP) is 1.62. The fourth-order valence-electron chi connectivity index (χ4n) is 0.826. The topological polar surface area (TPSA) is 32.9 Å². The Kier molecular flexibility index (Phi) is 2.03. The Balaban J connectivity index is 3.19. The third-order valence-electron chi connectivity index (χ3n) is 1.23. The summed E-state index contributed by atoms with van der Waals surface area (Å²) in [5.41, 5.74) is -0.264. The number of aromatic amines is 1. The van der Waals surface area contributed by atoms with Gasteiger partial charge in [-0.2, -0.15) is 0 Å². The number of nitrogens with one attached hydrogen (secondary N) is 1. The molecule has 0 aliphatic heterocycles. The van der Waals surface area contributed by atoms with Crippen molar-refractivity contribution in [2.45, 2.75) is 13.3 Å². The van der Waals surface area contributed by atoms with Crippen LogP contribution in [0.5, 0.6) is 0 Å². The first kappa shape index (κ1) is 7.91. The Morgan fingerprint density at radius 3 is 2.55 bits per heavy atom. The summed E-state index contributed by atoms with van der Waals surface area (Å²) in [4.78, 5) is 13.1. The fraction of sp³-hybridized carbons (Fsp3) is 0.286. The van der Waals surface area contributed by atoms with Gasteiger partial charge in [-0.1, -0.05) is 0 Å². The normalized spacial score (nSPS) is 10.5. The monoisotopic (exact) mass is 159 g/mol. The lowest BCUT2D eigenvalue weighted by molar-refractivity contribution is 0.146. The molecule has 1 aromatic rings. The fourth-order valence-corrected chi connectivity index (χ4v) is 0.826. The van der Waals surface area contributed by atoms with Crippen molar-refractivity contribution in [3.63, 3.8) is 0 Å². The van der Waals surface area contributed by atoms with E-state index in [0.29, 0.717) is 5.69 Å². The second kappa shape index (κ2) is 2.82. The highest BCUT2D eigenvalue weighted by Gasteiger charge is 2.07. The van der Waals surface area contributed by atoms with Crippen molar-refractivity contribution in [2.24, 2.45) is 0 Å². The summed E-state index contributed by atoms with van der Waals surface area (Å²) in [6, 6.07) is 2.17. The zero-order valence-corrected chi connectivity index (χ0v) is 5.90. The Hall–Kier alpha value is -1.19. The van der Waals surface area contributed by atoms with Crippen LogP contribution in [0.3, 0.4) is 0 Å². The molecule has 11 heavy (non-hydrogen) atoms. The van der Waals surface area contributed by atoms with Crippen LogP contribution < -0.4 is 5.43 Å². The number of hydrogen-bond donors (Lipinski definition) is 1. The summed E-state index contributed by atoms with van der Waals surface area (Å²) in [6.45, 7) is 1.56. The van der Waals surface area contributed by atoms with Crippen molar-refractivity contribution in [3.05, 3.63) is 33.7 Å². The van der Waals surface area contributed by atoms with Gasteiger partial charge < -0.3 is 4.98 Å². The summed E-state index contributed by atoms with van der Waals surface area (Å²) < 4.78 is 23.9. The first-order chi connectivity index (χ1) is 5.09. The van der Waals surface area contributed by atoms with Crippen molar-refractivity contribution < 1.29 is 8.78 Å². The molecule has 0 bridgehead atoms. The van der Waals surface area contributed by atoms with Gasteiger partial charge in [-0.3, -0.25) is 4.79 Å². The summed E-state index contributed by atoms with van der Waals surface area (Å²) >= 11 is 0. The molecule has 0 aliphatic rings. The lowest BCUT2D eigenvalue weighted by Crippen LogP contribution is -2.04. The molecule has 4 heteroatoms. The Bertz CT molecular complexity index is 306. The van der Waals surface area contributed by atoms with Crippen molar-refractivity contribution in [2.75, 3.05) is 0 Å².